The normalized spacial score (nSPS) is 31.8. The van der Waals surface area contributed by atoms with Crippen molar-refractivity contribution in [1.82, 2.24) is 0 Å². The summed E-state index contributed by atoms with van der Waals surface area (Å²) < 4.78 is 64.4. The van der Waals surface area contributed by atoms with Crippen LogP contribution in [0.5, 0.6) is 0 Å². The molecule has 0 unspecified atom stereocenters. The van der Waals surface area contributed by atoms with Gasteiger partial charge in [-0.25, -0.2) is 0 Å². The summed E-state index contributed by atoms with van der Waals surface area (Å²) in [6.07, 6.45) is 13.4. The van der Waals surface area contributed by atoms with Gasteiger partial charge in [-0.1, -0.05) is 70.6 Å². The van der Waals surface area contributed by atoms with E-state index in [4.69, 9.17) is 0 Å². The van der Waals surface area contributed by atoms with Crippen LogP contribution in [0.15, 0.2) is 29.2 Å². The van der Waals surface area contributed by atoms with Crippen LogP contribution >= 0.6 is 10.2 Å². The third-order valence-electron chi connectivity index (χ3n) is 7.09. The first-order valence-electron chi connectivity index (χ1n) is 10.8. The maximum atomic E-state index is 12.9. The van der Waals surface area contributed by atoms with Crippen LogP contribution in [-0.4, -0.2) is 0 Å². The highest BCUT2D eigenvalue weighted by Gasteiger charge is 2.65. The molecule has 1 aromatic carbocycles. The lowest BCUT2D eigenvalue weighted by Crippen LogP contribution is -2.25. The van der Waals surface area contributed by atoms with Gasteiger partial charge in [0.1, 0.15) is 4.90 Å². The van der Waals surface area contributed by atoms with E-state index in [1.54, 1.807) is 0 Å². The Hall–Kier alpha value is -0.780. The van der Waals surface area contributed by atoms with Crippen molar-refractivity contribution in [2.75, 3.05) is 0 Å². The zero-order valence-corrected chi connectivity index (χ0v) is 17.5. The summed E-state index contributed by atoms with van der Waals surface area (Å²) in [6, 6.07) is 3.66. The van der Waals surface area contributed by atoms with Crippen LogP contribution in [0, 0.1) is 17.8 Å². The Bertz CT molecular complexity index is 636. The van der Waals surface area contributed by atoms with Crippen molar-refractivity contribution in [3.63, 3.8) is 0 Å². The summed E-state index contributed by atoms with van der Waals surface area (Å²) in [5.74, 6) is 2.63. The summed E-state index contributed by atoms with van der Waals surface area (Å²) >= 11 is 0. The third kappa shape index (κ3) is 5.64. The van der Waals surface area contributed by atoms with E-state index in [1.165, 1.54) is 57.1 Å². The number of halogens is 5. The maximum absolute atomic E-state index is 12.9. The Morgan fingerprint density at radius 3 is 1.71 bits per heavy atom. The standard InChI is InChI=1S/C22H33F5S/c1-2-3-4-17-5-7-18(8-6-17)19-9-11-20(12-10-19)21-13-15-22(16-14-21)28(23,24,25,26)27/h13-20H,2-12H2,1H3/t17-,18-,19?,20?. The second kappa shape index (κ2) is 7.48. The zero-order valence-electron chi connectivity index (χ0n) is 16.7. The van der Waals surface area contributed by atoms with Crippen LogP contribution < -0.4 is 0 Å². The second-order valence-electron chi connectivity index (χ2n) is 9.07. The molecule has 6 heteroatoms. The van der Waals surface area contributed by atoms with E-state index in [2.05, 4.69) is 6.92 Å². The average molecular weight is 425 g/mol. The van der Waals surface area contributed by atoms with E-state index >= 15 is 0 Å². The Morgan fingerprint density at radius 1 is 0.750 bits per heavy atom. The Morgan fingerprint density at radius 2 is 1.25 bits per heavy atom. The molecule has 2 saturated carbocycles. The van der Waals surface area contributed by atoms with E-state index < -0.39 is 15.1 Å². The minimum atomic E-state index is -9.56. The molecule has 2 aliphatic rings. The first kappa shape index (κ1) is 21.9. The Balaban J connectivity index is 1.51. The van der Waals surface area contributed by atoms with Gasteiger partial charge in [0.15, 0.2) is 0 Å². The smallest absolute Gasteiger partial charge is 0.0936 e. The first-order chi connectivity index (χ1) is 13.0. The van der Waals surface area contributed by atoms with E-state index in [1.807, 2.05) is 0 Å². The monoisotopic (exact) mass is 424 g/mol. The fourth-order valence-corrected chi connectivity index (χ4v) is 6.01. The molecule has 0 atom stereocenters. The molecule has 0 nitrogen and oxygen atoms in total. The Labute approximate surface area is 166 Å². The molecule has 0 aliphatic heterocycles. The molecule has 2 fully saturated rings. The molecule has 0 saturated heterocycles. The van der Waals surface area contributed by atoms with Gasteiger partial charge in [-0.15, -0.1) is 0 Å². The molecule has 0 amide bonds. The van der Waals surface area contributed by atoms with Crippen molar-refractivity contribution in [2.45, 2.75) is 88.4 Å². The van der Waals surface area contributed by atoms with E-state index in [-0.39, 0.29) is 5.92 Å². The van der Waals surface area contributed by atoms with Gasteiger partial charge in [-0.3, -0.25) is 0 Å². The summed E-state index contributed by atoms with van der Waals surface area (Å²) in [5.41, 5.74) is 0.771. The molecule has 0 spiro atoms. The predicted molar refractivity (Wildman–Crippen MR) is 108 cm³/mol. The molecular formula is C22H33F5S. The molecule has 162 valence electrons. The third-order valence-corrected chi connectivity index (χ3v) is 8.26. The van der Waals surface area contributed by atoms with Crippen molar-refractivity contribution in [3.05, 3.63) is 29.8 Å². The molecule has 0 heterocycles. The molecule has 0 radical (unpaired) electrons. The minimum absolute atomic E-state index is 0.199. The summed E-state index contributed by atoms with van der Waals surface area (Å²) in [6.45, 7) is 2.24. The SMILES string of the molecule is CCCC[C@H]1CC[C@H](C2CCC(c3ccc(S(F)(F)(F)(F)F)cc3)CC2)CC1. The lowest BCUT2D eigenvalue weighted by Gasteiger charge is -2.41. The fourth-order valence-electron chi connectivity index (χ4n) is 5.36. The highest BCUT2D eigenvalue weighted by molar-refractivity contribution is 8.45. The van der Waals surface area contributed by atoms with Crippen LogP contribution in [-0.2, 0) is 0 Å². The van der Waals surface area contributed by atoms with Crippen molar-refractivity contribution < 1.29 is 19.4 Å². The largest absolute Gasteiger partial charge is 0.310 e. The number of benzene rings is 1. The van der Waals surface area contributed by atoms with Crippen LogP contribution in [0.1, 0.15) is 89.0 Å². The van der Waals surface area contributed by atoms with Gasteiger partial charge < -0.3 is 0 Å². The number of hydrogen-bond donors (Lipinski definition) is 0. The van der Waals surface area contributed by atoms with Crippen LogP contribution in [0.3, 0.4) is 0 Å². The van der Waals surface area contributed by atoms with Crippen molar-refractivity contribution in [3.8, 4) is 0 Å². The van der Waals surface area contributed by atoms with Crippen LogP contribution in [0.25, 0.3) is 0 Å². The fraction of sp³-hybridized carbons (Fsp3) is 0.727. The molecule has 28 heavy (non-hydrogen) atoms. The van der Waals surface area contributed by atoms with Gasteiger partial charge >= 0.3 is 10.2 Å². The number of unbranched alkanes of at least 4 members (excludes halogenated alkanes) is 1. The molecule has 3 rings (SSSR count). The molecule has 0 N–H and O–H groups in total. The maximum Gasteiger partial charge on any atom is 0.310 e. The number of rotatable bonds is 6. The molecule has 1 aromatic rings. The molecule has 0 aromatic heterocycles. The van der Waals surface area contributed by atoms with Crippen LogP contribution in [0.2, 0.25) is 0 Å². The number of hydrogen-bond acceptors (Lipinski definition) is 0. The highest BCUT2D eigenvalue weighted by atomic mass is 32.5. The molecule has 0 bridgehead atoms. The van der Waals surface area contributed by atoms with Crippen molar-refractivity contribution in [2.24, 2.45) is 17.8 Å². The van der Waals surface area contributed by atoms with Gasteiger partial charge in [0, 0.05) is 0 Å². The quantitative estimate of drug-likeness (QED) is 0.399. The van der Waals surface area contributed by atoms with Crippen LogP contribution in [0.4, 0.5) is 19.4 Å². The second-order valence-corrected chi connectivity index (χ2v) is 11.5. The minimum Gasteiger partial charge on any atom is -0.0936 e. The zero-order chi connectivity index (χ0) is 20.5. The molecular weight excluding hydrogens is 391 g/mol. The predicted octanol–water partition coefficient (Wildman–Crippen LogP) is 9.61. The summed E-state index contributed by atoms with van der Waals surface area (Å²) in [4.78, 5) is -1.78. The van der Waals surface area contributed by atoms with Gasteiger partial charge in [0.25, 0.3) is 0 Å². The van der Waals surface area contributed by atoms with E-state index in [0.717, 1.165) is 49.0 Å². The highest BCUT2D eigenvalue weighted by Crippen LogP contribution is 3.02. The van der Waals surface area contributed by atoms with Gasteiger partial charge in [-0.2, -0.15) is 0 Å². The lowest BCUT2D eigenvalue weighted by atomic mass is 9.68. The topological polar surface area (TPSA) is 0 Å². The van der Waals surface area contributed by atoms with Crippen molar-refractivity contribution in [1.29, 1.82) is 0 Å². The van der Waals surface area contributed by atoms with E-state index in [0.29, 0.717) is 12.1 Å². The van der Waals surface area contributed by atoms with Gasteiger partial charge in [-0.05, 0) is 79.9 Å². The first-order valence-corrected chi connectivity index (χ1v) is 12.8. The average Bonchev–Trinajstić information content (AvgIpc) is 2.65. The summed E-state index contributed by atoms with van der Waals surface area (Å²) in [7, 11) is -9.56. The molecule has 2 aliphatic carbocycles. The Kier molecular flexibility index (Phi) is 5.85. The van der Waals surface area contributed by atoms with Gasteiger partial charge in [0.2, 0.25) is 0 Å². The van der Waals surface area contributed by atoms with E-state index in [9.17, 15) is 19.4 Å². The lowest BCUT2D eigenvalue weighted by molar-refractivity contribution is 0.156. The van der Waals surface area contributed by atoms with Crippen molar-refractivity contribution >= 4 is 10.2 Å². The summed E-state index contributed by atoms with van der Waals surface area (Å²) in [5, 5.41) is 0. The van der Waals surface area contributed by atoms with Gasteiger partial charge in [0.05, 0.1) is 0 Å².